The van der Waals surface area contributed by atoms with Gasteiger partial charge < -0.3 is 5.32 Å². The number of carbonyl (C=O) groups excluding carboxylic acids is 2. The summed E-state index contributed by atoms with van der Waals surface area (Å²) in [5.74, 6) is -2.45. The molecular formula is C14H18F2N2O2. The van der Waals surface area contributed by atoms with Crippen LogP contribution < -0.4 is 5.32 Å². The zero-order chi connectivity index (χ0) is 15.3. The number of hydrogen-bond donors (Lipinski definition) is 1. The zero-order valence-electron chi connectivity index (χ0n) is 11.7. The molecule has 6 heteroatoms. The Kier molecular flexibility index (Phi) is 5.76. The summed E-state index contributed by atoms with van der Waals surface area (Å²) in [6.45, 7) is 2.07. The molecule has 20 heavy (non-hydrogen) atoms. The molecule has 0 saturated carbocycles. The maximum Gasteiger partial charge on any atom is 0.223 e. The van der Waals surface area contributed by atoms with E-state index in [0.29, 0.717) is 12.6 Å². The second-order valence-electron chi connectivity index (χ2n) is 4.76. The number of amides is 1. The molecule has 1 aromatic carbocycles. The number of nitrogens with zero attached hydrogens (tertiary/aromatic N) is 1. The molecule has 1 unspecified atom stereocenters. The SMILES string of the molecule is CNC(=O)C(C)CN(C)CC(=O)c1ccc(F)cc1F. The summed E-state index contributed by atoms with van der Waals surface area (Å²) >= 11 is 0. The summed E-state index contributed by atoms with van der Waals surface area (Å²) in [6, 6.07) is 2.85. The zero-order valence-corrected chi connectivity index (χ0v) is 11.7. The number of Topliss-reactive ketones (excluding diaryl/α,β-unsaturated/α-hetero) is 1. The topological polar surface area (TPSA) is 49.4 Å². The van der Waals surface area contributed by atoms with Crippen molar-refractivity contribution < 1.29 is 18.4 Å². The van der Waals surface area contributed by atoms with Crippen molar-refractivity contribution in [2.24, 2.45) is 5.92 Å². The van der Waals surface area contributed by atoms with Crippen LogP contribution in [0.5, 0.6) is 0 Å². The molecule has 1 N–H and O–H groups in total. The van der Waals surface area contributed by atoms with Crippen LogP contribution in [-0.2, 0) is 4.79 Å². The first-order valence-corrected chi connectivity index (χ1v) is 6.23. The van der Waals surface area contributed by atoms with Crippen LogP contribution in [-0.4, -0.2) is 43.8 Å². The van der Waals surface area contributed by atoms with E-state index < -0.39 is 17.4 Å². The molecule has 1 amide bonds. The van der Waals surface area contributed by atoms with Gasteiger partial charge in [-0.1, -0.05) is 6.92 Å². The number of ketones is 1. The predicted molar refractivity (Wildman–Crippen MR) is 71.4 cm³/mol. The van der Waals surface area contributed by atoms with E-state index in [0.717, 1.165) is 12.1 Å². The summed E-state index contributed by atoms with van der Waals surface area (Å²) in [5, 5.41) is 2.52. The Labute approximate surface area is 116 Å². The van der Waals surface area contributed by atoms with E-state index in [9.17, 15) is 18.4 Å². The molecule has 0 bridgehead atoms. The minimum atomic E-state index is -0.872. The standard InChI is InChI=1S/C14H18F2N2O2/c1-9(14(20)17-2)7-18(3)8-13(19)11-5-4-10(15)6-12(11)16/h4-6,9H,7-8H2,1-3H3,(H,17,20). The number of nitrogens with one attached hydrogen (secondary N) is 1. The minimum Gasteiger partial charge on any atom is -0.359 e. The summed E-state index contributed by atoms with van der Waals surface area (Å²) in [5.41, 5.74) is -0.147. The first kappa shape index (κ1) is 16.2. The third-order valence-electron chi connectivity index (χ3n) is 2.92. The second kappa shape index (κ2) is 7.09. The van der Waals surface area contributed by atoms with Gasteiger partial charge in [-0.15, -0.1) is 0 Å². The van der Waals surface area contributed by atoms with Gasteiger partial charge in [-0.25, -0.2) is 8.78 Å². The Morgan fingerprint density at radius 3 is 2.55 bits per heavy atom. The van der Waals surface area contributed by atoms with Crippen LogP contribution >= 0.6 is 0 Å². The molecule has 0 aromatic heterocycles. The van der Waals surface area contributed by atoms with Crippen LogP contribution in [0.25, 0.3) is 0 Å². The van der Waals surface area contributed by atoms with Gasteiger partial charge in [-0.3, -0.25) is 14.5 Å². The van der Waals surface area contributed by atoms with Crippen molar-refractivity contribution in [3.05, 3.63) is 35.4 Å². The van der Waals surface area contributed by atoms with Crippen molar-refractivity contribution in [1.82, 2.24) is 10.2 Å². The molecule has 1 aromatic rings. The molecule has 1 atom stereocenters. The van der Waals surface area contributed by atoms with Crippen LogP contribution in [0.3, 0.4) is 0 Å². The molecule has 0 heterocycles. The number of hydrogen-bond acceptors (Lipinski definition) is 3. The van der Waals surface area contributed by atoms with Gasteiger partial charge in [-0.2, -0.15) is 0 Å². The Balaban J connectivity index is 2.64. The second-order valence-corrected chi connectivity index (χ2v) is 4.76. The van der Waals surface area contributed by atoms with Crippen molar-refractivity contribution in [2.45, 2.75) is 6.92 Å². The Hall–Kier alpha value is -1.82. The molecule has 0 aliphatic carbocycles. The lowest BCUT2D eigenvalue weighted by Crippen LogP contribution is -2.36. The van der Waals surface area contributed by atoms with E-state index in [2.05, 4.69) is 5.32 Å². The Morgan fingerprint density at radius 2 is 2.00 bits per heavy atom. The Bertz CT molecular complexity index is 506. The summed E-state index contributed by atoms with van der Waals surface area (Å²) in [7, 11) is 3.21. The highest BCUT2D eigenvalue weighted by Gasteiger charge is 2.18. The predicted octanol–water partition coefficient (Wildman–Crippen LogP) is 1.46. The van der Waals surface area contributed by atoms with Gasteiger partial charge in [0.2, 0.25) is 5.91 Å². The van der Waals surface area contributed by atoms with Crippen LogP contribution in [0.2, 0.25) is 0 Å². The van der Waals surface area contributed by atoms with Crippen LogP contribution in [0, 0.1) is 17.6 Å². The highest BCUT2D eigenvalue weighted by atomic mass is 19.1. The van der Waals surface area contributed by atoms with Crippen LogP contribution in [0.15, 0.2) is 18.2 Å². The maximum atomic E-state index is 13.5. The van der Waals surface area contributed by atoms with E-state index >= 15 is 0 Å². The summed E-state index contributed by atoms with van der Waals surface area (Å²) in [6.07, 6.45) is 0. The fraction of sp³-hybridized carbons (Fsp3) is 0.429. The lowest BCUT2D eigenvalue weighted by molar-refractivity contribution is -0.124. The number of likely N-dealkylation sites (N-methyl/N-ethyl adjacent to an activating group) is 1. The summed E-state index contributed by atoms with van der Waals surface area (Å²) in [4.78, 5) is 24.9. The fourth-order valence-electron chi connectivity index (χ4n) is 1.91. The quantitative estimate of drug-likeness (QED) is 0.805. The van der Waals surface area contributed by atoms with Gasteiger partial charge in [0.1, 0.15) is 11.6 Å². The molecular weight excluding hydrogens is 266 g/mol. The van der Waals surface area contributed by atoms with Crippen molar-refractivity contribution in [3.8, 4) is 0 Å². The molecule has 0 aliphatic rings. The molecule has 1 rings (SSSR count). The highest BCUT2D eigenvalue weighted by molar-refractivity contribution is 5.97. The fourth-order valence-corrected chi connectivity index (χ4v) is 1.91. The van der Waals surface area contributed by atoms with Gasteiger partial charge in [0.15, 0.2) is 5.78 Å². The van der Waals surface area contributed by atoms with Gasteiger partial charge >= 0.3 is 0 Å². The van der Waals surface area contributed by atoms with E-state index in [1.165, 1.54) is 7.05 Å². The Morgan fingerprint density at radius 1 is 1.35 bits per heavy atom. The first-order chi connectivity index (χ1) is 9.35. The van der Waals surface area contributed by atoms with Gasteiger partial charge in [0.25, 0.3) is 0 Å². The lowest BCUT2D eigenvalue weighted by atomic mass is 10.1. The van der Waals surface area contributed by atoms with Gasteiger partial charge in [0.05, 0.1) is 12.1 Å². The summed E-state index contributed by atoms with van der Waals surface area (Å²) < 4.78 is 26.2. The molecule has 110 valence electrons. The van der Waals surface area contributed by atoms with Crippen molar-refractivity contribution in [1.29, 1.82) is 0 Å². The average molecular weight is 284 g/mol. The van der Waals surface area contributed by atoms with Crippen molar-refractivity contribution in [3.63, 3.8) is 0 Å². The lowest BCUT2D eigenvalue weighted by Gasteiger charge is -2.19. The first-order valence-electron chi connectivity index (χ1n) is 6.23. The van der Waals surface area contributed by atoms with Crippen LogP contribution in [0.1, 0.15) is 17.3 Å². The maximum absolute atomic E-state index is 13.5. The third-order valence-corrected chi connectivity index (χ3v) is 2.92. The highest BCUT2D eigenvalue weighted by Crippen LogP contribution is 2.11. The van der Waals surface area contributed by atoms with E-state index in [1.54, 1.807) is 18.9 Å². The largest absolute Gasteiger partial charge is 0.359 e. The number of carbonyl (C=O) groups is 2. The smallest absolute Gasteiger partial charge is 0.223 e. The molecule has 0 radical (unpaired) electrons. The normalized spacial score (nSPS) is 12.3. The minimum absolute atomic E-state index is 0.0378. The molecule has 0 aliphatic heterocycles. The van der Waals surface area contributed by atoms with Gasteiger partial charge in [0, 0.05) is 25.6 Å². The molecule has 0 saturated heterocycles. The van der Waals surface area contributed by atoms with E-state index in [4.69, 9.17) is 0 Å². The molecule has 4 nitrogen and oxygen atoms in total. The number of benzene rings is 1. The van der Waals surface area contributed by atoms with Crippen molar-refractivity contribution >= 4 is 11.7 Å². The molecule has 0 fully saturated rings. The number of halogens is 2. The van der Waals surface area contributed by atoms with E-state index in [1.807, 2.05) is 0 Å². The van der Waals surface area contributed by atoms with Crippen LogP contribution in [0.4, 0.5) is 8.78 Å². The van der Waals surface area contributed by atoms with Gasteiger partial charge in [-0.05, 0) is 19.2 Å². The number of rotatable bonds is 6. The monoisotopic (exact) mass is 284 g/mol. The van der Waals surface area contributed by atoms with Crippen molar-refractivity contribution in [2.75, 3.05) is 27.2 Å². The average Bonchev–Trinajstić information content (AvgIpc) is 2.37. The van der Waals surface area contributed by atoms with E-state index in [-0.39, 0.29) is 23.9 Å². The molecule has 0 spiro atoms. The third kappa shape index (κ3) is 4.38.